The highest BCUT2D eigenvalue weighted by Crippen LogP contribution is 2.25. The van der Waals surface area contributed by atoms with Crippen LogP contribution in [0.25, 0.3) is 0 Å². The second-order valence-corrected chi connectivity index (χ2v) is 10.6. The number of hydrogen-bond donors (Lipinski definition) is 0. The molecule has 1 aliphatic rings. The van der Waals surface area contributed by atoms with Gasteiger partial charge in [0.2, 0.25) is 10.0 Å². The summed E-state index contributed by atoms with van der Waals surface area (Å²) in [5.74, 6) is -0.0742. The van der Waals surface area contributed by atoms with Crippen molar-refractivity contribution in [2.75, 3.05) is 19.8 Å². The molecule has 0 N–H and O–H groups in total. The molecule has 5 nitrogen and oxygen atoms in total. The van der Waals surface area contributed by atoms with Crippen molar-refractivity contribution in [2.45, 2.75) is 36.8 Å². The lowest BCUT2D eigenvalue weighted by Crippen LogP contribution is -2.37. The number of hydrogen-bond acceptors (Lipinski definition) is 5. The van der Waals surface area contributed by atoms with Crippen molar-refractivity contribution in [3.8, 4) is 5.75 Å². The Morgan fingerprint density at radius 3 is 2.75 bits per heavy atom. The number of thiophene rings is 1. The molecule has 1 fully saturated rings. The van der Waals surface area contributed by atoms with Gasteiger partial charge >= 0.3 is 0 Å². The first-order valence-corrected chi connectivity index (χ1v) is 12.9. The van der Waals surface area contributed by atoms with Crippen molar-refractivity contribution in [2.24, 2.45) is 0 Å². The van der Waals surface area contributed by atoms with Crippen molar-refractivity contribution in [1.82, 2.24) is 4.31 Å². The Morgan fingerprint density at radius 1 is 1.12 bits per heavy atom. The summed E-state index contributed by atoms with van der Waals surface area (Å²) in [6, 6.07) is 17.0. The third-order valence-electron chi connectivity index (χ3n) is 5.34. The average Bonchev–Trinajstić information content (AvgIpc) is 3.48. The number of nitrogens with zero attached hydrogens (tertiary/aromatic N) is 1. The first-order valence-electron chi connectivity index (χ1n) is 10.6. The number of sulfonamides is 1. The Kier molecular flexibility index (Phi) is 7.57. The van der Waals surface area contributed by atoms with E-state index in [2.05, 4.69) is 6.07 Å². The molecule has 2 aromatic carbocycles. The van der Waals surface area contributed by atoms with Gasteiger partial charge in [-0.15, -0.1) is 11.3 Å². The van der Waals surface area contributed by atoms with E-state index < -0.39 is 15.8 Å². The van der Waals surface area contributed by atoms with E-state index in [1.54, 1.807) is 11.3 Å². The molecule has 1 aromatic heterocycles. The summed E-state index contributed by atoms with van der Waals surface area (Å²) in [5, 5.41) is 2.04. The maximum Gasteiger partial charge on any atom is 0.246 e. The molecule has 0 unspecified atom stereocenters. The molecule has 1 atom stereocenters. The first-order chi connectivity index (χ1) is 15.5. The van der Waals surface area contributed by atoms with Gasteiger partial charge in [-0.3, -0.25) is 0 Å². The van der Waals surface area contributed by atoms with Crippen LogP contribution in [0.5, 0.6) is 5.75 Å². The molecule has 3 aromatic rings. The van der Waals surface area contributed by atoms with Crippen molar-refractivity contribution >= 4 is 21.4 Å². The third-order valence-corrected chi connectivity index (χ3v) is 8.12. The maximum absolute atomic E-state index is 14.4. The monoisotopic (exact) mass is 475 g/mol. The molecular weight excluding hydrogens is 449 g/mol. The zero-order valence-corrected chi connectivity index (χ0v) is 19.3. The molecule has 0 bridgehead atoms. The minimum absolute atomic E-state index is 0.110. The van der Waals surface area contributed by atoms with Crippen LogP contribution >= 0.6 is 11.3 Å². The second kappa shape index (κ2) is 10.6. The van der Waals surface area contributed by atoms with Crippen LogP contribution in [0.3, 0.4) is 0 Å². The lowest BCUT2D eigenvalue weighted by molar-refractivity contribution is 0.0925. The van der Waals surface area contributed by atoms with Crippen molar-refractivity contribution in [1.29, 1.82) is 0 Å². The van der Waals surface area contributed by atoms with Crippen LogP contribution in [0.1, 0.15) is 23.3 Å². The predicted octanol–water partition coefficient (Wildman–Crippen LogP) is 4.88. The van der Waals surface area contributed by atoms with Gasteiger partial charge in [-0.05, 0) is 54.1 Å². The fraction of sp³-hybridized carbons (Fsp3) is 0.333. The van der Waals surface area contributed by atoms with Crippen LogP contribution in [0.4, 0.5) is 4.39 Å². The molecule has 8 heteroatoms. The topological polar surface area (TPSA) is 55.8 Å². The molecule has 0 amide bonds. The van der Waals surface area contributed by atoms with Gasteiger partial charge in [-0.25, -0.2) is 12.8 Å². The molecule has 170 valence electrons. The summed E-state index contributed by atoms with van der Waals surface area (Å²) in [7, 11) is -4.04. The number of benzene rings is 2. The normalized spacial score (nSPS) is 16.5. The number of rotatable bonds is 10. The molecule has 1 saturated heterocycles. The Morgan fingerprint density at radius 2 is 2.00 bits per heavy atom. The van der Waals surface area contributed by atoms with Crippen molar-refractivity contribution in [3.63, 3.8) is 0 Å². The van der Waals surface area contributed by atoms with Gasteiger partial charge in [0.05, 0.1) is 12.7 Å². The fourth-order valence-corrected chi connectivity index (χ4v) is 5.93. The van der Waals surface area contributed by atoms with Gasteiger partial charge in [-0.1, -0.05) is 30.3 Å². The Bertz CT molecular complexity index is 1110. The van der Waals surface area contributed by atoms with Crippen LogP contribution in [0.2, 0.25) is 0 Å². The van der Waals surface area contributed by atoms with E-state index in [9.17, 15) is 12.8 Å². The van der Waals surface area contributed by atoms with Crippen LogP contribution in [0, 0.1) is 5.82 Å². The summed E-state index contributed by atoms with van der Waals surface area (Å²) in [6.45, 7) is 1.45. The minimum atomic E-state index is -4.04. The quantitative estimate of drug-likeness (QED) is 0.419. The number of ether oxygens (including phenoxy) is 2. The molecule has 0 radical (unpaired) electrons. The van der Waals surface area contributed by atoms with E-state index in [-0.39, 0.29) is 24.1 Å². The molecule has 0 aliphatic carbocycles. The summed E-state index contributed by atoms with van der Waals surface area (Å²) in [5.41, 5.74) is 0.775. The van der Waals surface area contributed by atoms with Crippen LogP contribution in [0.15, 0.2) is 70.9 Å². The number of halogens is 1. The summed E-state index contributed by atoms with van der Waals surface area (Å²) in [6.07, 6.45) is 2.30. The molecular formula is C24H26FNO4S2. The van der Waals surface area contributed by atoms with Crippen molar-refractivity contribution < 1.29 is 22.3 Å². The smallest absolute Gasteiger partial charge is 0.246 e. The lowest BCUT2D eigenvalue weighted by atomic mass is 10.2. The Labute approximate surface area is 192 Å². The molecule has 2 heterocycles. The Hall–Kier alpha value is -2.26. The molecule has 32 heavy (non-hydrogen) atoms. The standard InChI is InChI=1S/C24H26FNO4S2/c25-23-10-1-2-11-24(23)32(27,28)26(18-21-8-4-13-29-21)17-19-6-3-7-20(16-19)30-14-12-22-9-5-15-31-22/h1-3,5-7,9-11,15-16,21H,4,8,12-14,17-18H2/t21-/m1/s1. The van der Waals surface area contributed by atoms with Crippen LogP contribution < -0.4 is 4.74 Å². The van der Waals surface area contributed by atoms with E-state index in [1.165, 1.54) is 33.4 Å². The first kappa shape index (κ1) is 22.9. The molecule has 0 spiro atoms. The summed E-state index contributed by atoms with van der Waals surface area (Å²) >= 11 is 1.69. The van der Waals surface area contributed by atoms with E-state index in [4.69, 9.17) is 9.47 Å². The van der Waals surface area contributed by atoms with Gasteiger partial charge in [0.25, 0.3) is 0 Å². The molecule has 0 saturated carbocycles. The van der Waals surface area contributed by atoms with E-state index in [1.807, 2.05) is 35.7 Å². The Balaban J connectivity index is 1.51. The largest absolute Gasteiger partial charge is 0.493 e. The van der Waals surface area contributed by atoms with E-state index in [0.29, 0.717) is 19.0 Å². The molecule has 1 aliphatic heterocycles. The van der Waals surface area contributed by atoms with Gasteiger partial charge in [-0.2, -0.15) is 4.31 Å². The highest BCUT2D eigenvalue weighted by molar-refractivity contribution is 7.89. The van der Waals surface area contributed by atoms with Crippen LogP contribution in [-0.2, 0) is 27.7 Å². The summed E-state index contributed by atoms with van der Waals surface area (Å²) < 4.78 is 53.9. The van der Waals surface area contributed by atoms with E-state index >= 15 is 0 Å². The summed E-state index contributed by atoms with van der Waals surface area (Å²) in [4.78, 5) is 0.932. The van der Waals surface area contributed by atoms with Gasteiger partial charge in [0.1, 0.15) is 16.5 Å². The fourth-order valence-electron chi connectivity index (χ4n) is 3.72. The van der Waals surface area contributed by atoms with Crippen LogP contribution in [-0.4, -0.2) is 38.6 Å². The predicted molar refractivity (Wildman–Crippen MR) is 123 cm³/mol. The van der Waals surface area contributed by atoms with E-state index in [0.717, 1.165) is 24.8 Å². The SMILES string of the molecule is O=S(=O)(c1ccccc1F)N(Cc1cccc(OCCc2cccs2)c1)C[C@H]1CCCO1. The lowest BCUT2D eigenvalue weighted by Gasteiger charge is -2.25. The molecule has 4 rings (SSSR count). The maximum atomic E-state index is 14.4. The zero-order chi connectivity index (χ0) is 22.4. The van der Waals surface area contributed by atoms with Gasteiger partial charge in [0, 0.05) is 31.0 Å². The third kappa shape index (κ3) is 5.75. The van der Waals surface area contributed by atoms with Gasteiger partial charge in [0.15, 0.2) is 0 Å². The highest BCUT2D eigenvalue weighted by atomic mass is 32.2. The van der Waals surface area contributed by atoms with Crippen molar-refractivity contribution in [3.05, 3.63) is 82.3 Å². The second-order valence-electron chi connectivity index (χ2n) is 7.69. The highest BCUT2D eigenvalue weighted by Gasteiger charge is 2.31. The average molecular weight is 476 g/mol. The minimum Gasteiger partial charge on any atom is -0.493 e. The zero-order valence-electron chi connectivity index (χ0n) is 17.7. The van der Waals surface area contributed by atoms with Gasteiger partial charge < -0.3 is 9.47 Å².